The van der Waals surface area contributed by atoms with Crippen molar-refractivity contribution >= 4 is 17.9 Å². The molecule has 8 nitrogen and oxygen atoms in total. The minimum atomic E-state index is -0.612. The Bertz CT molecular complexity index is 649. The second-order valence-corrected chi connectivity index (χ2v) is 7.61. The molecule has 0 radical (unpaired) electrons. The molecule has 1 aromatic rings. The van der Waals surface area contributed by atoms with Gasteiger partial charge in [-0.05, 0) is 51.7 Å². The summed E-state index contributed by atoms with van der Waals surface area (Å²) in [5, 5.41) is 5.26. The third-order valence-corrected chi connectivity index (χ3v) is 4.17. The maximum absolute atomic E-state index is 12.4. The number of nitrogens with zero attached hydrogens (tertiary/aromatic N) is 2. The molecule has 2 N–H and O–H groups in total. The number of carbonyl (C=O) groups excluding carboxylic acids is 3. The number of ether oxygens (including phenoxy) is 1. The first kappa shape index (κ1) is 20.7. The lowest BCUT2D eigenvalue weighted by Gasteiger charge is -2.31. The van der Waals surface area contributed by atoms with Crippen molar-refractivity contribution in [3.8, 4) is 0 Å². The number of aromatic nitrogens is 1. The molecule has 1 aliphatic heterocycles. The molecule has 0 saturated carbocycles. The first-order valence-electron chi connectivity index (χ1n) is 9.18. The first-order valence-corrected chi connectivity index (χ1v) is 9.18. The molecule has 1 fully saturated rings. The maximum atomic E-state index is 12.4. The van der Waals surface area contributed by atoms with E-state index in [2.05, 4.69) is 15.6 Å². The zero-order valence-electron chi connectivity index (χ0n) is 16.2. The maximum Gasteiger partial charge on any atom is 0.408 e. The SMILES string of the molecule is CC(C)(C)OC(=O)NCC(=O)NCC1CCN(C(=O)c2ccccn2)CC1. The van der Waals surface area contributed by atoms with Gasteiger partial charge in [0.25, 0.3) is 5.91 Å². The van der Waals surface area contributed by atoms with Gasteiger partial charge < -0.3 is 20.3 Å². The largest absolute Gasteiger partial charge is 0.444 e. The summed E-state index contributed by atoms with van der Waals surface area (Å²) in [4.78, 5) is 41.6. The molecule has 0 bridgehead atoms. The highest BCUT2D eigenvalue weighted by Crippen LogP contribution is 2.18. The molecular formula is C19H28N4O4. The summed E-state index contributed by atoms with van der Waals surface area (Å²) in [6.07, 6.45) is 2.64. The van der Waals surface area contributed by atoms with Crippen molar-refractivity contribution in [1.82, 2.24) is 20.5 Å². The van der Waals surface area contributed by atoms with Crippen LogP contribution in [0, 0.1) is 5.92 Å². The van der Waals surface area contributed by atoms with Crippen molar-refractivity contribution in [1.29, 1.82) is 0 Å². The van der Waals surface area contributed by atoms with E-state index in [1.807, 2.05) is 0 Å². The van der Waals surface area contributed by atoms with Gasteiger partial charge in [0.2, 0.25) is 5.91 Å². The Hall–Kier alpha value is -2.64. The molecule has 148 valence electrons. The Kier molecular flexibility index (Phi) is 7.15. The molecule has 2 rings (SSSR count). The van der Waals surface area contributed by atoms with E-state index in [0.29, 0.717) is 31.2 Å². The van der Waals surface area contributed by atoms with Crippen LogP contribution in [0.3, 0.4) is 0 Å². The average molecular weight is 376 g/mol. The van der Waals surface area contributed by atoms with Crippen LogP contribution in [-0.4, -0.2) is 59.6 Å². The van der Waals surface area contributed by atoms with Crippen LogP contribution < -0.4 is 10.6 Å². The average Bonchev–Trinajstić information content (AvgIpc) is 2.64. The van der Waals surface area contributed by atoms with Crippen LogP contribution >= 0.6 is 0 Å². The van der Waals surface area contributed by atoms with Crippen LogP contribution in [-0.2, 0) is 9.53 Å². The predicted octanol–water partition coefficient (Wildman–Crippen LogP) is 1.57. The lowest BCUT2D eigenvalue weighted by Crippen LogP contribution is -2.44. The van der Waals surface area contributed by atoms with Crippen LogP contribution in [0.2, 0.25) is 0 Å². The third-order valence-electron chi connectivity index (χ3n) is 4.17. The van der Waals surface area contributed by atoms with E-state index in [1.54, 1.807) is 50.1 Å². The van der Waals surface area contributed by atoms with E-state index in [1.165, 1.54) is 0 Å². The number of hydrogen-bond donors (Lipinski definition) is 2. The number of nitrogens with one attached hydrogen (secondary N) is 2. The van der Waals surface area contributed by atoms with Crippen LogP contribution in [0.15, 0.2) is 24.4 Å². The Morgan fingerprint density at radius 2 is 1.89 bits per heavy atom. The fourth-order valence-corrected chi connectivity index (χ4v) is 2.78. The quantitative estimate of drug-likeness (QED) is 0.812. The van der Waals surface area contributed by atoms with Gasteiger partial charge in [0, 0.05) is 25.8 Å². The Labute approximate surface area is 159 Å². The Morgan fingerprint density at radius 3 is 2.48 bits per heavy atom. The molecular weight excluding hydrogens is 348 g/mol. The van der Waals surface area contributed by atoms with Gasteiger partial charge in [-0.1, -0.05) is 6.07 Å². The van der Waals surface area contributed by atoms with Crippen LogP contribution in [0.4, 0.5) is 4.79 Å². The molecule has 1 saturated heterocycles. The van der Waals surface area contributed by atoms with E-state index in [0.717, 1.165) is 12.8 Å². The van der Waals surface area contributed by atoms with E-state index in [4.69, 9.17) is 4.74 Å². The van der Waals surface area contributed by atoms with E-state index >= 15 is 0 Å². The monoisotopic (exact) mass is 376 g/mol. The molecule has 0 aromatic carbocycles. The first-order chi connectivity index (χ1) is 12.7. The smallest absolute Gasteiger partial charge is 0.408 e. The van der Waals surface area contributed by atoms with E-state index < -0.39 is 11.7 Å². The van der Waals surface area contributed by atoms with Gasteiger partial charge >= 0.3 is 6.09 Å². The second kappa shape index (κ2) is 9.34. The van der Waals surface area contributed by atoms with Crippen molar-refractivity contribution in [2.24, 2.45) is 5.92 Å². The summed E-state index contributed by atoms with van der Waals surface area (Å²) in [7, 11) is 0. The topological polar surface area (TPSA) is 101 Å². The van der Waals surface area contributed by atoms with Gasteiger partial charge in [0.1, 0.15) is 11.3 Å². The molecule has 8 heteroatoms. The number of pyridine rings is 1. The molecule has 3 amide bonds. The lowest BCUT2D eigenvalue weighted by molar-refractivity contribution is -0.120. The predicted molar refractivity (Wildman–Crippen MR) is 100 cm³/mol. The molecule has 27 heavy (non-hydrogen) atoms. The summed E-state index contributed by atoms with van der Waals surface area (Å²) < 4.78 is 5.08. The molecule has 1 aromatic heterocycles. The number of piperidine rings is 1. The minimum Gasteiger partial charge on any atom is -0.444 e. The molecule has 0 unspecified atom stereocenters. The van der Waals surface area contributed by atoms with Gasteiger partial charge in [-0.2, -0.15) is 0 Å². The summed E-state index contributed by atoms with van der Waals surface area (Å²) >= 11 is 0. The van der Waals surface area contributed by atoms with Crippen molar-refractivity contribution in [3.05, 3.63) is 30.1 Å². The highest BCUT2D eigenvalue weighted by atomic mass is 16.6. The highest BCUT2D eigenvalue weighted by molar-refractivity contribution is 5.92. The minimum absolute atomic E-state index is 0.0559. The summed E-state index contributed by atoms with van der Waals surface area (Å²) in [6, 6.07) is 5.30. The van der Waals surface area contributed by atoms with Crippen molar-refractivity contribution in [3.63, 3.8) is 0 Å². The zero-order valence-corrected chi connectivity index (χ0v) is 16.2. The van der Waals surface area contributed by atoms with Crippen molar-refractivity contribution < 1.29 is 19.1 Å². The van der Waals surface area contributed by atoms with Gasteiger partial charge in [-0.25, -0.2) is 4.79 Å². The number of hydrogen-bond acceptors (Lipinski definition) is 5. The van der Waals surface area contributed by atoms with Gasteiger partial charge in [-0.15, -0.1) is 0 Å². The van der Waals surface area contributed by atoms with E-state index in [-0.39, 0.29) is 18.4 Å². The van der Waals surface area contributed by atoms with Gasteiger partial charge in [-0.3, -0.25) is 14.6 Å². The number of rotatable bonds is 5. The number of likely N-dealkylation sites (tertiary alicyclic amines) is 1. The number of amides is 3. The standard InChI is InChI=1S/C19H28N4O4/c1-19(2,3)27-18(26)22-13-16(24)21-12-14-7-10-23(11-8-14)17(25)15-6-4-5-9-20-15/h4-6,9,14H,7-8,10-13H2,1-3H3,(H,21,24)(H,22,26). The van der Waals surface area contributed by atoms with Gasteiger partial charge in [0.15, 0.2) is 0 Å². The summed E-state index contributed by atoms with van der Waals surface area (Å²) in [5.74, 6) is -0.00393. The zero-order chi connectivity index (χ0) is 19.9. The number of alkyl carbamates (subject to hydrolysis) is 1. The van der Waals surface area contributed by atoms with E-state index in [9.17, 15) is 14.4 Å². The fourth-order valence-electron chi connectivity index (χ4n) is 2.78. The molecule has 0 atom stereocenters. The third kappa shape index (κ3) is 7.24. The normalized spacial score (nSPS) is 15.1. The molecule has 0 spiro atoms. The van der Waals surface area contributed by atoms with Gasteiger partial charge in [0.05, 0.1) is 6.54 Å². The Morgan fingerprint density at radius 1 is 1.19 bits per heavy atom. The van der Waals surface area contributed by atoms with Crippen molar-refractivity contribution in [2.45, 2.75) is 39.2 Å². The Balaban J connectivity index is 1.65. The van der Waals surface area contributed by atoms with Crippen LogP contribution in [0.25, 0.3) is 0 Å². The van der Waals surface area contributed by atoms with Crippen molar-refractivity contribution in [2.75, 3.05) is 26.2 Å². The van der Waals surface area contributed by atoms with Crippen LogP contribution in [0.1, 0.15) is 44.1 Å². The van der Waals surface area contributed by atoms with Crippen LogP contribution in [0.5, 0.6) is 0 Å². The highest BCUT2D eigenvalue weighted by Gasteiger charge is 2.24. The summed E-state index contributed by atoms with van der Waals surface area (Å²) in [6.45, 7) is 6.98. The molecule has 1 aliphatic rings. The second-order valence-electron chi connectivity index (χ2n) is 7.61. The molecule has 0 aliphatic carbocycles. The summed E-state index contributed by atoms with van der Waals surface area (Å²) in [5.41, 5.74) is -0.140. The molecule has 2 heterocycles. The lowest BCUT2D eigenvalue weighted by atomic mass is 9.96. The number of carbonyl (C=O) groups is 3. The fraction of sp³-hybridized carbons (Fsp3) is 0.579.